The van der Waals surface area contributed by atoms with Gasteiger partial charge in [0, 0.05) is 12.4 Å². The first-order chi connectivity index (χ1) is 9.58. The topological polar surface area (TPSA) is 95.9 Å². The molecule has 20 heavy (non-hydrogen) atoms. The average molecular weight is 275 g/mol. The van der Waals surface area contributed by atoms with E-state index in [1.54, 1.807) is 12.4 Å². The van der Waals surface area contributed by atoms with Crippen LogP contribution >= 0.6 is 0 Å². The molecule has 0 aromatic heterocycles. The normalized spacial score (nSPS) is 11.3. The van der Waals surface area contributed by atoms with Crippen molar-refractivity contribution in [2.45, 2.75) is 26.7 Å². The Bertz CT molecular complexity index is 482. The zero-order valence-corrected chi connectivity index (χ0v) is 11.8. The first-order valence-electron chi connectivity index (χ1n) is 6.49. The zero-order valence-electron chi connectivity index (χ0n) is 11.8. The molecule has 0 saturated heterocycles. The van der Waals surface area contributed by atoms with Gasteiger partial charge in [0.05, 0.1) is 0 Å². The molecule has 0 atom stereocenters. The van der Waals surface area contributed by atoms with Crippen LogP contribution in [-0.2, 0) is 6.42 Å². The Kier molecular flexibility index (Phi) is 6.81. The molecule has 0 bridgehead atoms. The fourth-order valence-electron chi connectivity index (χ4n) is 1.38. The van der Waals surface area contributed by atoms with Gasteiger partial charge in [-0.25, -0.2) is 5.43 Å². The fourth-order valence-corrected chi connectivity index (χ4v) is 1.38. The third kappa shape index (κ3) is 7.15. The third-order valence-electron chi connectivity index (χ3n) is 2.25. The molecule has 0 aliphatic carbocycles. The first kappa shape index (κ1) is 15.7. The molecule has 0 aliphatic rings. The van der Waals surface area contributed by atoms with E-state index in [9.17, 15) is 0 Å². The van der Waals surface area contributed by atoms with Crippen molar-refractivity contribution < 1.29 is 4.84 Å². The number of nitrogens with two attached hydrogens (primary N) is 1. The number of benzene rings is 1. The summed E-state index contributed by atoms with van der Waals surface area (Å²) in [5, 5.41) is 14.7. The molecule has 0 amide bonds. The van der Waals surface area contributed by atoms with Gasteiger partial charge in [-0.3, -0.25) is 5.41 Å². The van der Waals surface area contributed by atoms with Gasteiger partial charge in [0.15, 0.2) is 5.75 Å². The molecule has 4 N–H and O–H groups in total. The maximum Gasteiger partial charge on any atom is 0.206 e. The minimum absolute atomic E-state index is 0.167. The third-order valence-corrected chi connectivity index (χ3v) is 2.25. The molecule has 0 heterocycles. The van der Waals surface area contributed by atoms with Gasteiger partial charge in [0.25, 0.3) is 0 Å². The second-order valence-corrected chi connectivity index (χ2v) is 4.61. The fraction of sp³-hybridized carbons (Fsp3) is 0.357. The van der Waals surface area contributed by atoms with Crippen LogP contribution in [0, 0.1) is 11.3 Å². The van der Waals surface area contributed by atoms with E-state index >= 15 is 0 Å². The number of guanidine groups is 1. The Hall–Kier alpha value is -2.37. The number of rotatable bonds is 7. The number of hydrogen-bond donors (Lipinski definition) is 3. The molecule has 1 aromatic rings. The summed E-state index contributed by atoms with van der Waals surface area (Å²) >= 11 is 0. The monoisotopic (exact) mass is 275 g/mol. The summed E-state index contributed by atoms with van der Waals surface area (Å²) in [5.41, 5.74) is 8.61. The molecule has 0 fully saturated rings. The Balaban J connectivity index is 2.43. The summed E-state index contributed by atoms with van der Waals surface area (Å²) in [4.78, 5) is 5.30. The van der Waals surface area contributed by atoms with Crippen LogP contribution in [0.3, 0.4) is 0 Å². The van der Waals surface area contributed by atoms with Crippen molar-refractivity contribution in [2.24, 2.45) is 21.9 Å². The predicted molar refractivity (Wildman–Crippen MR) is 82.3 cm³/mol. The van der Waals surface area contributed by atoms with Crippen molar-refractivity contribution in [3.8, 4) is 5.75 Å². The van der Waals surface area contributed by atoms with Crippen LogP contribution in [0.5, 0.6) is 5.75 Å². The number of hydrogen-bond acceptors (Lipinski definition) is 4. The van der Waals surface area contributed by atoms with Crippen LogP contribution in [0.2, 0.25) is 0 Å². The molecule has 1 aromatic carbocycles. The Morgan fingerprint density at radius 2 is 2.30 bits per heavy atom. The van der Waals surface area contributed by atoms with Crippen molar-refractivity contribution >= 4 is 18.4 Å². The zero-order chi connectivity index (χ0) is 14.8. The van der Waals surface area contributed by atoms with Crippen molar-refractivity contribution in [1.29, 1.82) is 5.41 Å². The molecule has 1 rings (SSSR count). The number of hydrazone groups is 1. The molecule has 108 valence electrons. The van der Waals surface area contributed by atoms with Gasteiger partial charge in [-0.05, 0) is 36.5 Å². The maximum atomic E-state index is 6.94. The predicted octanol–water partition coefficient (Wildman–Crippen LogP) is 2.11. The maximum absolute atomic E-state index is 6.94. The summed E-state index contributed by atoms with van der Waals surface area (Å²) in [5.74, 6) is 0.918. The van der Waals surface area contributed by atoms with Crippen LogP contribution in [0.4, 0.5) is 0 Å². The number of oxime groups is 1. The van der Waals surface area contributed by atoms with Gasteiger partial charge >= 0.3 is 0 Å². The van der Waals surface area contributed by atoms with Gasteiger partial charge in [0.2, 0.25) is 5.96 Å². The van der Waals surface area contributed by atoms with E-state index < -0.39 is 0 Å². The quantitative estimate of drug-likeness (QED) is 0.404. The van der Waals surface area contributed by atoms with Crippen molar-refractivity contribution in [3.63, 3.8) is 0 Å². The molecule has 0 radical (unpaired) electrons. The lowest BCUT2D eigenvalue weighted by Gasteiger charge is -2.02. The van der Waals surface area contributed by atoms with Crippen molar-refractivity contribution in [3.05, 3.63) is 29.8 Å². The number of nitrogens with zero attached hydrogens (tertiary/aromatic N) is 2. The van der Waals surface area contributed by atoms with Crippen molar-refractivity contribution in [2.75, 3.05) is 0 Å². The van der Waals surface area contributed by atoms with Crippen LogP contribution in [0.25, 0.3) is 0 Å². The Morgan fingerprint density at radius 1 is 1.50 bits per heavy atom. The van der Waals surface area contributed by atoms with Crippen molar-refractivity contribution in [1.82, 2.24) is 5.43 Å². The van der Waals surface area contributed by atoms with Crippen LogP contribution in [-0.4, -0.2) is 18.4 Å². The summed E-state index contributed by atoms with van der Waals surface area (Å²) in [7, 11) is 0. The highest BCUT2D eigenvalue weighted by atomic mass is 16.6. The van der Waals surface area contributed by atoms with E-state index in [0.29, 0.717) is 5.92 Å². The summed E-state index contributed by atoms with van der Waals surface area (Å²) in [6.07, 6.45) is 5.02. The highest BCUT2D eigenvalue weighted by Crippen LogP contribution is 2.14. The van der Waals surface area contributed by atoms with Gasteiger partial charge < -0.3 is 10.6 Å². The van der Waals surface area contributed by atoms with E-state index in [0.717, 1.165) is 24.2 Å². The molecule has 0 spiro atoms. The SMILES string of the molecule is CC(C)/C=N/Oc1cccc(CC/C=N/NC(=N)N)c1. The van der Waals surface area contributed by atoms with E-state index in [4.69, 9.17) is 16.0 Å². The lowest BCUT2D eigenvalue weighted by atomic mass is 10.1. The molecular formula is C14H21N5O. The van der Waals surface area contributed by atoms with E-state index in [1.807, 2.05) is 38.1 Å². The van der Waals surface area contributed by atoms with Crippen LogP contribution < -0.4 is 16.0 Å². The van der Waals surface area contributed by atoms with Gasteiger partial charge in [-0.15, -0.1) is 0 Å². The Labute approximate surface area is 119 Å². The van der Waals surface area contributed by atoms with E-state index in [1.165, 1.54) is 0 Å². The summed E-state index contributed by atoms with van der Waals surface area (Å²) in [6, 6.07) is 7.77. The summed E-state index contributed by atoms with van der Waals surface area (Å²) < 4.78 is 0. The van der Waals surface area contributed by atoms with Crippen LogP contribution in [0.15, 0.2) is 34.5 Å². The summed E-state index contributed by atoms with van der Waals surface area (Å²) in [6.45, 7) is 4.08. The highest BCUT2D eigenvalue weighted by molar-refractivity contribution is 5.75. The minimum Gasteiger partial charge on any atom is -0.369 e. The Morgan fingerprint density at radius 3 is 3.00 bits per heavy atom. The molecule has 0 saturated carbocycles. The molecule has 0 aliphatic heterocycles. The first-order valence-corrected chi connectivity index (χ1v) is 6.49. The standard InChI is InChI=1S/C14H21N5O/c1-11(2)10-18-20-13-7-3-5-12(9-13)6-4-8-17-19-14(15)16/h3,5,7-11H,4,6H2,1-2H3,(H4,15,16,19)/b17-8+,18-10+. The smallest absolute Gasteiger partial charge is 0.206 e. The largest absolute Gasteiger partial charge is 0.369 e. The van der Waals surface area contributed by atoms with E-state index in [2.05, 4.69) is 15.7 Å². The second-order valence-electron chi connectivity index (χ2n) is 4.61. The van der Waals surface area contributed by atoms with Gasteiger partial charge in [-0.2, -0.15) is 5.10 Å². The number of aryl methyl sites for hydroxylation is 1. The van der Waals surface area contributed by atoms with Crippen LogP contribution in [0.1, 0.15) is 25.8 Å². The lowest BCUT2D eigenvalue weighted by Crippen LogP contribution is -2.25. The van der Waals surface area contributed by atoms with Gasteiger partial charge in [-0.1, -0.05) is 31.1 Å². The highest BCUT2D eigenvalue weighted by Gasteiger charge is 1.96. The molecule has 6 heteroatoms. The second kappa shape index (κ2) is 8.68. The molecular weight excluding hydrogens is 254 g/mol. The molecule has 0 unspecified atom stereocenters. The average Bonchev–Trinajstić information content (AvgIpc) is 2.38. The number of nitrogens with one attached hydrogen (secondary N) is 2. The van der Waals surface area contributed by atoms with Gasteiger partial charge in [0.1, 0.15) is 0 Å². The lowest BCUT2D eigenvalue weighted by molar-refractivity contribution is 0.341. The minimum atomic E-state index is -0.167. The van der Waals surface area contributed by atoms with E-state index in [-0.39, 0.29) is 5.96 Å². The molecule has 6 nitrogen and oxygen atoms in total.